The molecular formula is C12H16N2O3S. The van der Waals surface area contributed by atoms with Crippen molar-refractivity contribution in [2.24, 2.45) is 11.7 Å². The van der Waals surface area contributed by atoms with Gasteiger partial charge in [0.05, 0.1) is 13.0 Å². The number of hydrogen-bond donors (Lipinski definition) is 2. The van der Waals surface area contributed by atoms with Crippen LogP contribution >= 0.6 is 11.3 Å². The minimum absolute atomic E-state index is 0.151. The highest BCUT2D eigenvalue weighted by Crippen LogP contribution is 2.28. The third-order valence-electron chi connectivity index (χ3n) is 3.25. The van der Waals surface area contributed by atoms with Gasteiger partial charge >= 0.3 is 0 Å². The maximum atomic E-state index is 12.1. The summed E-state index contributed by atoms with van der Waals surface area (Å²) in [6, 6.07) is 1.60. The predicted molar refractivity (Wildman–Crippen MR) is 68.7 cm³/mol. The topological polar surface area (TPSA) is 81.4 Å². The lowest BCUT2D eigenvalue weighted by molar-refractivity contribution is -0.122. The van der Waals surface area contributed by atoms with Crippen molar-refractivity contribution in [3.63, 3.8) is 0 Å². The predicted octanol–water partition coefficient (Wildman–Crippen LogP) is 1.14. The van der Waals surface area contributed by atoms with E-state index in [4.69, 9.17) is 10.5 Å². The third kappa shape index (κ3) is 2.48. The van der Waals surface area contributed by atoms with Crippen molar-refractivity contribution in [1.29, 1.82) is 0 Å². The molecule has 1 aliphatic rings. The molecule has 0 radical (unpaired) electrons. The molecule has 3 N–H and O–H groups in total. The number of amides is 2. The van der Waals surface area contributed by atoms with Crippen LogP contribution in [0.1, 0.15) is 28.9 Å². The normalized spacial score (nSPS) is 22.7. The minimum Gasteiger partial charge on any atom is -0.495 e. The summed E-state index contributed by atoms with van der Waals surface area (Å²) in [6.07, 6.45) is 2.47. The molecule has 0 aromatic carbocycles. The van der Waals surface area contributed by atoms with E-state index in [1.807, 2.05) is 0 Å². The Balaban J connectivity index is 2.05. The Kier molecular flexibility index (Phi) is 3.86. The number of carbonyl (C=O) groups excluding carboxylic acids is 2. The highest BCUT2D eigenvalue weighted by Gasteiger charge is 2.33. The molecule has 1 saturated carbocycles. The van der Waals surface area contributed by atoms with Gasteiger partial charge in [-0.05, 0) is 24.3 Å². The first-order chi connectivity index (χ1) is 8.63. The van der Waals surface area contributed by atoms with E-state index in [1.54, 1.807) is 11.4 Å². The molecule has 1 aromatic rings. The zero-order chi connectivity index (χ0) is 13.1. The first kappa shape index (κ1) is 12.9. The van der Waals surface area contributed by atoms with E-state index in [0.29, 0.717) is 10.6 Å². The van der Waals surface area contributed by atoms with Gasteiger partial charge in [-0.1, -0.05) is 6.42 Å². The zero-order valence-electron chi connectivity index (χ0n) is 10.1. The molecule has 2 rings (SSSR count). The average molecular weight is 268 g/mol. The number of methoxy groups -OCH3 is 1. The van der Waals surface area contributed by atoms with Crippen LogP contribution in [0.15, 0.2) is 11.4 Å². The first-order valence-corrected chi connectivity index (χ1v) is 6.73. The highest BCUT2D eigenvalue weighted by atomic mass is 32.1. The molecule has 1 aliphatic carbocycles. The average Bonchev–Trinajstić information content (AvgIpc) is 2.96. The van der Waals surface area contributed by atoms with E-state index >= 15 is 0 Å². The lowest BCUT2D eigenvalue weighted by Crippen LogP contribution is -2.42. The van der Waals surface area contributed by atoms with Gasteiger partial charge in [0.15, 0.2) is 0 Å². The molecule has 1 aromatic heterocycles. The largest absolute Gasteiger partial charge is 0.495 e. The van der Waals surface area contributed by atoms with Crippen LogP contribution in [-0.2, 0) is 4.79 Å². The van der Waals surface area contributed by atoms with Crippen molar-refractivity contribution >= 4 is 23.2 Å². The summed E-state index contributed by atoms with van der Waals surface area (Å²) in [5, 5.41) is 4.68. The van der Waals surface area contributed by atoms with E-state index < -0.39 is 0 Å². The Hall–Kier alpha value is -1.56. The van der Waals surface area contributed by atoms with Crippen LogP contribution in [0.25, 0.3) is 0 Å². The third-order valence-corrected chi connectivity index (χ3v) is 4.15. The molecule has 2 atom stereocenters. The molecule has 0 saturated heterocycles. The van der Waals surface area contributed by atoms with Crippen LogP contribution in [0, 0.1) is 5.92 Å². The van der Waals surface area contributed by atoms with Gasteiger partial charge in [0.25, 0.3) is 5.91 Å². The smallest absolute Gasteiger partial charge is 0.265 e. The van der Waals surface area contributed by atoms with Gasteiger partial charge in [-0.3, -0.25) is 9.59 Å². The number of rotatable bonds is 4. The van der Waals surface area contributed by atoms with Crippen molar-refractivity contribution < 1.29 is 14.3 Å². The first-order valence-electron chi connectivity index (χ1n) is 5.85. The second kappa shape index (κ2) is 5.39. The van der Waals surface area contributed by atoms with Crippen LogP contribution in [0.5, 0.6) is 5.75 Å². The zero-order valence-corrected chi connectivity index (χ0v) is 11.0. The second-order valence-electron chi connectivity index (χ2n) is 4.34. The number of thiophene rings is 1. The summed E-state index contributed by atoms with van der Waals surface area (Å²) in [5.74, 6) is -0.220. The maximum absolute atomic E-state index is 12.1. The van der Waals surface area contributed by atoms with Gasteiger partial charge in [-0.25, -0.2) is 0 Å². The fraction of sp³-hybridized carbons (Fsp3) is 0.500. The van der Waals surface area contributed by atoms with E-state index in [9.17, 15) is 9.59 Å². The van der Waals surface area contributed by atoms with E-state index in [1.165, 1.54) is 18.4 Å². The summed E-state index contributed by atoms with van der Waals surface area (Å²) in [6.45, 7) is 0. The van der Waals surface area contributed by atoms with E-state index in [2.05, 4.69) is 5.32 Å². The highest BCUT2D eigenvalue weighted by molar-refractivity contribution is 7.12. The number of ether oxygens (including phenoxy) is 1. The molecule has 18 heavy (non-hydrogen) atoms. The number of hydrogen-bond acceptors (Lipinski definition) is 4. The summed E-state index contributed by atoms with van der Waals surface area (Å²) in [5.41, 5.74) is 5.33. The fourth-order valence-electron chi connectivity index (χ4n) is 2.33. The van der Waals surface area contributed by atoms with Crippen LogP contribution in [0.4, 0.5) is 0 Å². The van der Waals surface area contributed by atoms with Crippen molar-refractivity contribution in [2.45, 2.75) is 25.3 Å². The summed E-state index contributed by atoms with van der Waals surface area (Å²) in [4.78, 5) is 23.9. The standard InChI is InChI=1S/C12H16N2O3S/c1-17-9-5-6-18-10(9)12(16)14-8-4-2-3-7(8)11(13)15/h5-8H,2-4H2,1H3,(H2,13,15)(H,14,16)/t7-,8+/m1/s1. The lowest BCUT2D eigenvalue weighted by atomic mass is 10.0. The van der Waals surface area contributed by atoms with E-state index in [0.717, 1.165) is 19.3 Å². The monoisotopic (exact) mass is 268 g/mol. The lowest BCUT2D eigenvalue weighted by Gasteiger charge is -2.18. The number of nitrogens with one attached hydrogen (secondary N) is 1. The SMILES string of the molecule is COc1ccsc1C(=O)N[C@H]1CCC[C@H]1C(N)=O. The molecular weight excluding hydrogens is 252 g/mol. The van der Waals surface area contributed by atoms with Crippen molar-refractivity contribution in [2.75, 3.05) is 7.11 Å². The van der Waals surface area contributed by atoms with Crippen molar-refractivity contribution in [1.82, 2.24) is 5.32 Å². The molecule has 1 fully saturated rings. The number of nitrogens with two attached hydrogens (primary N) is 1. The molecule has 0 unspecified atom stereocenters. The molecule has 0 aliphatic heterocycles. The Labute approximate surface area is 109 Å². The van der Waals surface area contributed by atoms with Crippen molar-refractivity contribution in [3.05, 3.63) is 16.3 Å². The van der Waals surface area contributed by atoms with Crippen LogP contribution in [-0.4, -0.2) is 25.0 Å². The van der Waals surface area contributed by atoms with Gasteiger partial charge in [-0.2, -0.15) is 0 Å². The molecule has 6 heteroatoms. The fourth-order valence-corrected chi connectivity index (χ4v) is 3.09. The van der Waals surface area contributed by atoms with E-state index in [-0.39, 0.29) is 23.8 Å². The van der Waals surface area contributed by atoms with Gasteiger partial charge < -0.3 is 15.8 Å². The molecule has 98 valence electrons. The molecule has 5 nitrogen and oxygen atoms in total. The molecule has 0 spiro atoms. The minimum atomic E-state index is -0.337. The summed E-state index contributed by atoms with van der Waals surface area (Å²) in [7, 11) is 1.53. The van der Waals surface area contributed by atoms with Gasteiger partial charge in [0, 0.05) is 6.04 Å². The summed E-state index contributed by atoms with van der Waals surface area (Å²) < 4.78 is 5.10. The quantitative estimate of drug-likeness (QED) is 0.859. The van der Waals surface area contributed by atoms with Crippen molar-refractivity contribution in [3.8, 4) is 5.75 Å². The maximum Gasteiger partial charge on any atom is 0.265 e. The van der Waals surface area contributed by atoms with Crippen LogP contribution in [0.2, 0.25) is 0 Å². The Morgan fingerprint density at radius 3 is 2.94 bits per heavy atom. The Bertz CT molecular complexity index is 458. The number of primary amides is 1. The number of carbonyl (C=O) groups is 2. The van der Waals surface area contributed by atoms with Crippen LogP contribution in [0.3, 0.4) is 0 Å². The van der Waals surface area contributed by atoms with Gasteiger partial charge in [0.2, 0.25) is 5.91 Å². The second-order valence-corrected chi connectivity index (χ2v) is 5.25. The molecule has 2 amide bonds. The van der Waals surface area contributed by atoms with Gasteiger partial charge in [0.1, 0.15) is 10.6 Å². The molecule has 1 heterocycles. The summed E-state index contributed by atoms with van der Waals surface area (Å²) >= 11 is 1.32. The Morgan fingerprint density at radius 1 is 1.50 bits per heavy atom. The molecule has 0 bridgehead atoms. The van der Waals surface area contributed by atoms with Gasteiger partial charge in [-0.15, -0.1) is 11.3 Å². The van der Waals surface area contributed by atoms with Crippen LogP contribution < -0.4 is 15.8 Å². The Morgan fingerprint density at radius 2 is 2.28 bits per heavy atom.